The van der Waals surface area contributed by atoms with E-state index in [-0.39, 0.29) is 0 Å². The highest BCUT2D eigenvalue weighted by molar-refractivity contribution is 5.95. The molecule has 0 unspecified atom stereocenters. The molecule has 0 aliphatic carbocycles. The Hall–Kier alpha value is -3.75. The number of nitrogens with one attached hydrogen (secondary N) is 1. The van der Waals surface area contributed by atoms with Gasteiger partial charge in [-0.1, -0.05) is 18.2 Å². The molecule has 0 aliphatic rings. The Kier molecular flexibility index (Phi) is 6.81. The van der Waals surface area contributed by atoms with Gasteiger partial charge in [-0.15, -0.1) is 0 Å². The van der Waals surface area contributed by atoms with Gasteiger partial charge in [0.2, 0.25) is 0 Å². The van der Waals surface area contributed by atoms with Crippen molar-refractivity contribution in [2.45, 2.75) is 6.18 Å². The molecule has 0 heterocycles. The maximum atomic E-state index is 14.5. The van der Waals surface area contributed by atoms with Crippen LogP contribution in [0.2, 0.25) is 0 Å². The fourth-order valence-electron chi connectivity index (χ4n) is 3.27. The van der Waals surface area contributed by atoms with Gasteiger partial charge < -0.3 is 19.7 Å². The number of nitrogens with zero attached hydrogens (tertiary/aromatic N) is 1. The van der Waals surface area contributed by atoms with E-state index in [2.05, 4.69) is 0 Å². The molecule has 0 radical (unpaired) electrons. The highest BCUT2D eigenvalue weighted by atomic mass is 19.4. The molecule has 0 spiro atoms. The van der Waals surface area contributed by atoms with E-state index in [0.717, 1.165) is 28.9 Å². The van der Waals surface area contributed by atoms with Gasteiger partial charge in [-0.05, 0) is 47.5 Å². The van der Waals surface area contributed by atoms with E-state index >= 15 is 0 Å². The summed E-state index contributed by atoms with van der Waals surface area (Å²) in [5.74, 6) is -2.36. The van der Waals surface area contributed by atoms with Crippen LogP contribution in [0.15, 0.2) is 54.6 Å². The van der Waals surface area contributed by atoms with Crippen molar-refractivity contribution < 1.29 is 31.8 Å². The predicted molar refractivity (Wildman–Crippen MR) is 119 cm³/mol. The van der Waals surface area contributed by atoms with Gasteiger partial charge in [-0.2, -0.15) is 13.2 Å². The van der Waals surface area contributed by atoms with Crippen LogP contribution in [0.3, 0.4) is 0 Å². The van der Waals surface area contributed by atoms with Crippen LogP contribution in [-0.2, 0) is 4.79 Å². The number of alkyl halides is 3. The maximum absolute atomic E-state index is 14.5. The Balaban J connectivity index is 2.02. The monoisotopic (exact) mass is 462 g/mol. The van der Waals surface area contributed by atoms with Gasteiger partial charge in [-0.3, -0.25) is 4.79 Å². The van der Waals surface area contributed by atoms with E-state index in [0.29, 0.717) is 22.6 Å². The van der Waals surface area contributed by atoms with Crippen molar-refractivity contribution in [2.24, 2.45) is 0 Å². The molecule has 5 nitrogen and oxygen atoms in total. The first-order valence-electron chi connectivity index (χ1n) is 9.77. The molecule has 33 heavy (non-hydrogen) atoms. The van der Waals surface area contributed by atoms with Gasteiger partial charge >= 0.3 is 12.1 Å². The van der Waals surface area contributed by atoms with Gasteiger partial charge in [0.25, 0.3) is 0 Å². The molecule has 0 aliphatic heterocycles. The molecular weight excluding hydrogens is 440 g/mol. The van der Waals surface area contributed by atoms with Crippen LogP contribution in [0.25, 0.3) is 22.3 Å². The lowest BCUT2D eigenvalue weighted by Gasteiger charge is -2.17. The summed E-state index contributed by atoms with van der Waals surface area (Å²) in [6.45, 7) is 0. The number of methoxy groups -OCH3 is 2. The summed E-state index contributed by atoms with van der Waals surface area (Å²) >= 11 is 0. The normalized spacial score (nSPS) is 11.2. The van der Waals surface area contributed by atoms with Crippen LogP contribution in [0.5, 0.6) is 11.5 Å². The second kappa shape index (κ2) is 9.40. The van der Waals surface area contributed by atoms with Crippen molar-refractivity contribution in [1.29, 1.82) is 0 Å². The fraction of sp³-hybridized carbons (Fsp3) is 0.208. The number of halogens is 4. The van der Waals surface area contributed by atoms with Gasteiger partial charge in [-0.25, -0.2) is 4.39 Å². The summed E-state index contributed by atoms with van der Waals surface area (Å²) in [6, 6.07) is 14.7. The zero-order valence-electron chi connectivity index (χ0n) is 18.4. The molecule has 0 atom stereocenters. The van der Waals surface area contributed by atoms with E-state index in [4.69, 9.17) is 9.47 Å². The third-order valence-electron chi connectivity index (χ3n) is 5.00. The van der Waals surface area contributed by atoms with E-state index in [1.165, 1.54) is 25.6 Å². The number of ether oxygens (including phenoxy) is 2. The fourth-order valence-corrected chi connectivity index (χ4v) is 3.27. The molecule has 3 aromatic rings. The first-order valence-corrected chi connectivity index (χ1v) is 9.77. The van der Waals surface area contributed by atoms with Crippen molar-refractivity contribution in [3.63, 3.8) is 0 Å². The summed E-state index contributed by atoms with van der Waals surface area (Å²) < 4.78 is 62.9. The lowest BCUT2D eigenvalue weighted by Crippen LogP contribution is -2.30. The number of carbonyl (C=O) groups is 1. The molecule has 0 bridgehead atoms. The van der Waals surface area contributed by atoms with Crippen LogP contribution in [0.1, 0.15) is 0 Å². The maximum Gasteiger partial charge on any atom is 0.471 e. The predicted octanol–water partition coefficient (Wildman–Crippen LogP) is 5.74. The Labute approximate surface area is 188 Å². The average molecular weight is 462 g/mol. The van der Waals surface area contributed by atoms with E-state index in [1.54, 1.807) is 12.1 Å². The quantitative estimate of drug-likeness (QED) is 0.475. The minimum Gasteiger partial charge on any atom is -0.496 e. The highest BCUT2D eigenvalue weighted by Crippen LogP contribution is 2.41. The Bertz CT molecular complexity index is 1160. The van der Waals surface area contributed by atoms with Gasteiger partial charge in [0.15, 0.2) is 0 Å². The van der Waals surface area contributed by atoms with E-state index in [9.17, 15) is 22.4 Å². The zero-order valence-corrected chi connectivity index (χ0v) is 18.4. The van der Waals surface area contributed by atoms with Crippen LogP contribution >= 0.6 is 0 Å². The summed E-state index contributed by atoms with van der Waals surface area (Å²) in [4.78, 5) is 13.1. The summed E-state index contributed by atoms with van der Waals surface area (Å²) in [7, 11) is 6.83. The molecule has 3 aromatic carbocycles. The van der Waals surface area contributed by atoms with E-state index < -0.39 is 23.6 Å². The topological polar surface area (TPSA) is 50.8 Å². The van der Waals surface area contributed by atoms with Crippen LogP contribution < -0.4 is 19.7 Å². The van der Waals surface area contributed by atoms with Gasteiger partial charge in [0, 0.05) is 30.9 Å². The molecule has 0 aromatic heterocycles. The molecule has 9 heteroatoms. The molecule has 174 valence electrons. The number of hydrogen-bond donors (Lipinski definition) is 1. The molecule has 0 saturated heterocycles. The Morgan fingerprint density at radius 3 is 1.82 bits per heavy atom. The largest absolute Gasteiger partial charge is 0.496 e. The van der Waals surface area contributed by atoms with Crippen molar-refractivity contribution in [2.75, 3.05) is 38.5 Å². The summed E-state index contributed by atoms with van der Waals surface area (Å²) in [5.41, 5.74) is 2.87. The van der Waals surface area contributed by atoms with Crippen molar-refractivity contribution >= 4 is 17.3 Å². The SMILES string of the molecule is COc1cc(-c2ccc(NC(=O)C(F)(F)F)c(F)c2)c(OC)cc1-c1ccc(N(C)C)cc1. The first kappa shape index (κ1) is 23.9. The third-order valence-corrected chi connectivity index (χ3v) is 5.00. The number of anilines is 2. The number of benzene rings is 3. The molecular formula is C24H22F4N2O3. The lowest BCUT2D eigenvalue weighted by atomic mass is 9.97. The molecule has 0 saturated carbocycles. The standard InChI is InChI=1S/C24H22F4N2O3/c1-30(2)16-8-5-14(6-9-16)17-12-22(33-4)18(13-21(17)32-3)15-7-10-20(19(25)11-15)29-23(31)24(26,27)28/h5-13H,1-4H3,(H,29,31). The van der Waals surface area contributed by atoms with Crippen LogP contribution in [0, 0.1) is 5.82 Å². The van der Waals surface area contributed by atoms with Crippen LogP contribution in [-0.4, -0.2) is 40.4 Å². The third kappa shape index (κ3) is 5.19. The van der Waals surface area contributed by atoms with E-state index in [1.807, 2.05) is 43.3 Å². The molecule has 1 N–H and O–H groups in total. The summed E-state index contributed by atoms with van der Waals surface area (Å²) in [6.07, 6.45) is -5.12. The number of hydrogen-bond acceptors (Lipinski definition) is 4. The smallest absolute Gasteiger partial charge is 0.471 e. The number of rotatable bonds is 6. The first-order chi connectivity index (χ1) is 15.5. The zero-order chi connectivity index (χ0) is 24.3. The minimum atomic E-state index is -5.12. The van der Waals surface area contributed by atoms with Crippen LogP contribution in [0.4, 0.5) is 28.9 Å². The molecule has 0 fully saturated rings. The lowest BCUT2D eigenvalue weighted by molar-refractivity contribution is -0.167. The molecule has 3 rings (SSSR count). The second-order valence-electron chi connectivity index (χ2n) is 7.34. The Morgan fingerprint density at radius 2 is 1.36 bits per heavy atom. The summed E-state index contributed by atoms with van der Waals surface area (Å²) in [5, 5.41) is 1.52. The van der Waals surface area contributed by atoms with Crippen molar-refractivity contribution in [3.05, 3.63) is 60.4 Å². The minimum absolute atomic E-state index is 0.335. The second-order valence-corrected chi connectivity index (χ2v) is 7.34. The molecule has 1 amide bonds. The highest BCUT2D eigenvalue weighted by Gasteiger charge is 2.39. The average Bonchev–Trinajstić information content (AvgIpc) is 2.78. The van der Waals surface area contributed by atoms with Crippen molar-refractivity contribution in [1.82, 2.24) is 0 Å². The van der Waals surface area contributed by atoms with Gasteiger partial charge in [0.1, 0.15) is 17.3 Å². The number of amides is 1. The van der Waals surface area contributed by atoms with Crippen molar-refractivity contribution in [3.8, 4) is 33.8 Å². The van der Waals surface area contributed by atoms with Gasteiger partial charge in [0.05, 0.1) is 19.9 Å². The Morgan fingerprint density at radius 1 is 0.848 bits per heavy atom. The number of carbonyl (C=O) groups excluding carboxylic acids is 1.